The van der Waals surface area contributed by atoms with Gasteiger partial charge in [-0.05, 0) is 19.8 Å². The molecule has 5 heteroatoms. The number of ether oxygens (including phenoxy) is 2. The van der Waals surface area contributed by atoms with Gasteiger partial charge in [0.2, 0.25) is 5.91 Å². The number of carbonyl (C=O) groups excluding carboxylic acids is 2. The second-order valence-electron chi connectivity index (χ2n) is 5.13. The lowest BCUT2D eigenvalue weighted by Crippen LogP contribution is -2.52. The summed E-state index contributed by atoms with van der Waals surface area (Å²) in [5.41, 5.74) is -0.406. The van der Waals surface area contributed by atoms with Crippen molar-refractivity contribution in [3.63, 3.8) is 0 Å². The number of nitrogens with one attached hydrogen (secondary N) is 1. The zero-order valence-corrected chi connectivity index (χ0v) is 11.0. The standard InChI is InChI=1S/C13H21NO4/c1-3-18-12(16)11-13(8-10(15)14-11)7-5-4-6-9(13)17-2/h9,11H,3-8H2,1-2H3,(H,14,15). The highest BCUT2D eigenvalue weighted by Crippen LogP contribution is 2.47. The van der Waals surface area contributed by atoms with Crippen LogP contribution >= 0.6 is 0 Å². The van der Waals surface area contributed by atoms with E-state index in [0.29, 0.717) is 13.0 Å². The maximum Gasteiger partial charge on any atom is 0.329 e. The first-order chi connectivity index (χ1) is 8.64. The van der Waals surface area contributed by atoms with E-state index < -0.39 is 11.5 Å². The van der Waals surface area contributed by atoms with E-state index in [9.17, 15) is 9.59 Å². The average Bonchev–Trinajstić information content (AvgIpc) is 2.68. The van der Waals surface area contributed by atoms with E-state index in [1.54, 1.807) is 14.0 Å². The van der Waals surface area contributed by atoms with Crippen LogP contribution in [0.1, 0.15) is 39.0 Å². The highest BCUT2D eigenvalue weighted by molar-refractivity contribution is 5.90. The SMILES string of the molecule is CCOC(=O)C1NC(=O)CC12CCCCC2OC. The van der Waals surface area contributed by atoms with E-state index >= 15 is 0 Å². The van der Waals surface area contributed by atoms with Crippen molar-refractivity contribution in [1.29, 1.82) is 0 Å². The third kappa shape index (κ3) is 2.11. The van der Waals surface area contributed by atoms with Crippen LogP contribution in [-0.2, 0) is 19.1 Å². The van der Waals surface area contributed by atoms with Gasteiger partial charge in [-0.2, -0.15) is 0 Å². The van der Waals surface area contributed by atoms with E-state index in [1.807, 2.05) is 0 Å². The molecule has 1 saturated carbocycles. The smallest absolute Gasteiger partial charge is 0.329 e. The third-order valence-corrected chi connectivity index (χ3v) is 4.18. The average molecular weight is 255 g/mol. The zero-order chi connectivity index (χ0) is 13.2. The van der Waals surface area contributed by atoms with Gasteiger partial charge in [0.05, 0.1) is 12.7 Å². The molecule has 5 nitrogen and oxygen atoms in total. The molecule has 1 aliphatic carbocycles. The first kappa shape index (κ1) is 13.3. The maximum atomic E-state index is 12.0. The summed E-state index contributed by atoms with van der Waals surface area (Å²) in [5, 5.41) is 2.77. The Bertz CT molecular complexity index is 344. The minimum Gasteiger partial charge on any atom is -0.464 e. The van der Waals surface area contributed by atoms with Crippen molar-refractivity contribution < 1.29 is 19.1 Å². The lowest BCUT2D eigenvalue weighted by atomic mass is 9.67. The summed E-state index contributed by atoms with van der Waals surface area (Å²) in [5.74, 6) is -0.399. The molecular formula is C13H21NO4. The lowest BCUT2D eigenvalue weighted by molar-refractivity contribution is -0.153. The molecule has 3 unspecified atom stereocenters. The second-order valence-corrected chi connectivity index (χ2v) is 5.13. The molecule has 1 saturated heterocycles. The summed E-state index contributed by atoms with van der Waals surface area (Å²) < 4.78 is 10.6. The number of hydrogen-bond donors (Lipinski definition) is 1. The van der Waals surface area contributed by atoms with E-state index in [2.05, 4.69) is 5.32 Å². The van der Waals surface area contributed by atoms with E-state index in [0.717, 1.165) is 25.7 Å². The molecule has 102 valence electrons. The summed E-state index contributed by atoms with van der Waals surface area (Å²) in [6, 6.07) is -0.546. The molecule has 1 N–H and O–H groups in total. The van der Waals surface area contributed by atoms with Gasteiger partial charge in [-0.25, -0.2) is 4.79 Å². The van der Waals surface area contributed by atoms with E-state index in [1.165, 1.54) is 0 Å². The normalized spacial score (nSPS) is 35.6. The van der Waals surface area contributed by atoms with Crippen molar-refractivity contribution >= 4 is 11.9 Å². The van der Waals surface area contributed by atoms with Gasteiger partial charge in [0.25, 0.3) is 0 Å². The Morgan fingerprint density at radius 1 is 1.50 bits per heavy atom. The number of hydrogen-bond acceptors (Lipinski definition) is 4. The van der Waals surface area contributed by atoms with Gasteiger partial charge < -0.3 is 14.8 Å². The fourth-order valence-corrected chi connectivity index (χ4v) is 3.39. The van der Waals surface area contributed by atoms with Crippen molar-refractivity contribution in [3.8, 4) is 0 Å². The van der Waals surface area contributed by atoms with Crippen LogP contribution < -0.4 is 5.32 Å². The topological polar surface area (TPSA) is 64.6 Å². The molecule has 3 atom stereocenters. The van der Waals surface area contributed by atoms with Crippen molar-refractivity contribution in [2.45, 2.75) is 51.2 Å². The largest absolute Gasteiger partial charge is 0.464 e. The minimum atomic E-state index is -0.546. The number of methoxy groups -OCH3 is 1. The Labute approximate surface area is 107 Å². The quantitative estimate of drug-likeness (QED) is 0.764. The molecule has 0 radical (unpaired) electrons. The molecule has 1 heterocycles. The molecular weight excluding hydrogens is 234 g/mol. The molecule has 0 aromatic rings. The van der Waals surface area contributed by atoms with Crippen LogP contribution in [0.2, 0.25) is 0 Å². The van der Waals surface area contributed by atoms with Gasteiger partial charge in [0, 0.05) is 18.9 Å². The predicted molar refractivity (Wildman–Crippen MR) is 64.9 cm³/mol. The number of esters is 1. The predicted octanol–water partition coefficient (Wildman–Crippen LogP) is 1.01. The van der Waals surface area contributed by atoms with E-state index in [-0.39, 0.29) is 18.0 Å². The Morgan fingerprint density at radius 3 is 2.94 bits per heavy atom. The molecule has 1 spiro atoms. The molecule has 2 rings (SSSR count). The Kier molecular flexibility index (Phi) is 3.90. The Balaban J connectivity index is 2.25. The van der Waals surface area contributed by atoms with Crippen LogP contribution in [0.5, 0.6) is 0 Å². The number of rotatable bonds is 3. The van der Waals surface area contributed by atoms with Crippen LogP contribution in [-0.4, -0.2) is 37.7 Å². The van der Waals surface area contributed by atoms with Crippen molar-refractivity contribution in [1.82, 2.24) is 5.32 Å². The van der Waals surface area contributed by atoms with Crippen LogP contribution in [0.3, 0.4) is 0 Å². The molecule has 2 fully saturated rings. The van der Waals surface area contributed by atoms with Gasteiger partial charge in [-0.1, -0.05) is 12.8 Å². The molecule has 0 bridgehead atoms. The van der Waals surface area contributed by atoms with Crippen molar-refractivity contribution in [3.05, 3.63) is 0 Å². The van der Waals surface area contributed by atoms with Crippen LogP contribution in [0.4, 0.5) is 0 Å². The molecule has 0 aromatic heterocycles. The van der Waals surface area contributed by atoms with Crippen molar-refractivity contribution in [2.75, 3.05) is 13.7 Å². The van der Waals surface area contributed by atoms with Crippen molar-refractivity contribution in [2.24, 2.45) is 5.41 Å². The monoisotopic (exact) mass is 255 g/mol. The fraction of sp³-hybridized carbons (Fsp3) is 0.846. The summed E-state index contributed by atoms with van der Waals surface area (Å²) in [7, 11) is 1.66. The number of carbonyl (C=O) groups is 2. The molecule has 1 amide bonds. The molecule has 2 aliphatic rings. The van der Waals surface area contributed by atoms with Gasteiger partial charge in [-0.3, -0.25) is 4.79 Å². The van der Waals surface area contributed by atoms with E-state index in [4.69, 9.17) is 9.47 Å². The van der Waals surface area contributed by atoms with Gasteiger partial charge in [-0.15, -0.1) is 0 Å². The molecule has 1 aliphatic heterocycles. The van der Waals surface area contributed by atoms with Gasteiger partial charge >= 0.3 is 5.97 Å². The van der Waals surface area contributed by atoms with Crippen LogP contribution in [0.25, 0.3) is 0 Å². The Morgan fingerprint density at radius 2 is 2.28 bits per heavy atom. The van der Waals surface area contributed by atoms with Gasteiger partial charge in [0.1, 0.15) is 6.04 Å². The van der Waals surface area contributed by atoms with Crippen LogP contribution in [0.15, 0.2) is 0 Å². The highest BCUT2D eigenvalue weighted by Gasteiger charge is 2.56. The highest BCUT2D eigenvalue weighted by atomic mass is 16.5. The first-order valence-corrected chi connectivity index (χ1v) is 6.63. The lowest BCUT2D eigenvalue weighted by Gasteiger charge is -2.42. The maximum absolute atomic E-state index is 12.0. The summed E-state index contributed by atoms with van der Waals surface area (Å²) in [6.45, 7) is 2.11. The second kappa shape index (κ2) is 5.26. The molecule has 0 aromatic carbocycles. The fourth-order valence-electron chi connectivity index (χ4n) is 3.39. The summed E-state index contributed by atoms with van der Waals surface area (Å²) >= 11 is 0. The summed E-state index contributed by atoms with van der Waals surface area (Å²) in [6.07, 6.45) is 4.19. The first-order valence-electron chi connectivity index (χ1n) is 6.63. The zero-order valence-electron chi connectivity index (χ0n) is 11.0. The van der Waals surface area contributed by atoms with Gasteiger partial charge in [0.15, 0.2) is 0 Å². The number of amides is 1. The third-order valence-electron chi connectivity index (χ3n) is 4.18. The summed E-state index contributed by atoms with van der Waals surface area (Å²) in [4.78, 5) is 23.8. The Hall–Kier alpha value is -1.10. The minimum absolute atomic E-state index is 0.0420. The molecule has 18 heavy (non-hydrogen) atoms. The van der Waals surface area contributed by atoms with Crippen LogP contribution in [0, 0.1) is 5.41 Å².